The van der Waals surface area contributed by atoms with Gasteiger partial charge in [0.25, 0.3) is 0 Å². The van der Waals surface area contributed by atoms with Crippen LogP contribution in [0.25, 0.3) is 10.9 Å². The summed E-state index contributed by atoms with van der Waals surface area (Å²) in [5.74, 6) is 1.05. The number of aromatic amines is 1. The van der Waals surface area contributed by atoms with Crippen molar-refractivity contribution in [2.75, 3.05) is 26.4 Å². The molecular formula is C23H28N4O4. The second kappa shape index (κ2) is 10.3. The number of aliphatic hydroxyl groups is 1. The van der Waals surface area contributed by atoms with Crippen LogP contribution in [-0.4, -0.2) is 53.6 Å². The normalized spacial score (nSPS) is 16.9. The second-order valence-corrected chi connectivity index (χ2v) is 7.79. The maximum absolute atomic E-state index is 12.4. The molecule has 2 unspecified atom stereocenters. The summed E-state index contributed by atoms with van der Waals surface area (Å²) in [6, 6.07) is 9.06. The van der Waals surface area contributed by atoms with Crippen LogP contribution in [0.15, 0.2) is 48.9 Å². The number of fused-ring (bicyclic) bond motifs is 1. The Labute approximate surface area is 181 Å². The summed E-state index contributed by atoms with van der Waals surface area (Å²) in [5.41, 5.74) is 2.94. The standard InChI is InChI=1S/C23H28N4O4/c28-13-19(9-18-11-25-21-4-2-1-3-20(18)21)27-23(29)26-10-17-5-7-24-12-22(17)31-15-16-6-8-30-14-16/h1-5,7,11-12,16,19,25,28H,6,8-10,13-15H2,(H2,26,27,29). The lowest BCUT2D eigenvalue weighted by molar-refractivity contribution is 0.166. The van der Waals surface area contributed by atoms with Gasteiger partial charge >= 0.3 is 6.03 Å². The Kier molecular flexibility index (Phi) is 7.01. The largest absolute Gasteiger partial charge is 0.491 e. The van der Waals surface area contributed by atoms with Gasteiger partial charge in [0.15, 0.2) is 0 Å². The molecule has 2 amide bonds. The van der Waals surface area contributed by atoms with E-state index >= 15 is 0 Å². The van der Waals surface area contributed by atoms with Gasteiger partial charge in [0, 0.05) is 47.9 Å². The molecule has 31 heavy (non-hydrogen) atoms. The zero-order valence-corrected chi connectivity index (χ0v) is 17.3. The Balaban J connectivity index is 1.30. The average molecular weight is 425 g/mol. The third-order valence-corrected chi connectivity index (χ3v) is 5.50. The summed E-state index contributed by atoms with van der Waals surface area (Å²) < 4.78 is 11.3. The number of para-hydroxylation sites is 1. The molecule has 1 saturated heterocycles. The number of ether oxygens (including phenoxy) is 2. The number of amides is 2. The minimum atomic E-state index is -0.394. The lowest BCUT2D eigenvalue weighted by atomic mass is 10.1. The van der Waals surface area contributed by atoms with Crippen molar-refractivity contribution in [3.63, 3.8) is 0 Å². The van der Waals surface area contributed by atoms with E-state index in [0.29, 0.717) is 31.2 Å². The minimum absolute atomic E-state index is 0.153. The van der Waals surface area contributed by atoms with Crippen LogP contribution in [0.1, 0.15) is 17.5 Å². The Morgan fingerprint density at radius 3 is 3.06 bits per heavy atom. The number of benzene rings is 1. The molecule has 2 aromatic heterocycles. The zero-order chi connectivity index (χ0) is 21.5. The molecule has 0 spiro atoms. The fourth-order valence-electron chi connectivity index (χ4n) is 3.75. The number of carbonyl (C=O) groups excluding carboxylic acids is 1. The highest BCUT2D eigenvalue weighted by Gasteiger charge is 2.18. The lowest BCUT2D eigenvalue weighted by Crippen LogP contribution is -2.44. The molecule has 0 saturated carbocycles. The number of pyridine rings is 1. The predicted molar refractivity (Wildman–Crippen MR) is 117 cm³/mol. The highest BCUT2D eigenvalue weighted by Crippen LogP contribution is 2.20. The third-order valence-electron chi connectivity index (χ3n) is 5.50. The van der Waals surface area contributed by atoms with Crippen LogP contribution >= 0.6 is 0 Å². The molecule has 2 atom stereocenters. The number of nitrogens with zero attached hydrogens (tertiary/aromatic N) is 1. The molecule has 3 heterocycles. The molecule has 0 radical (unpaired) electrons. The van der Waals surface area contributed by atoms with Crippen molar-refractivity contribution in [1.82, 2.24) is 20.6 Å². The highest BCUT2D eigenvalue weighted by molar-refractivity contribution is 5.83. The van der Waals surface area contributed by atoms with Gasteiger partial charge in [0.1, 0.15) is 5.75 Å². The number of aliphatic hydroxyl groups excluding tert-OH is 1. The molecule has 4 rings (SSSR count). The van der Waals surface area contributed by atoms with Gasteiger partial charge in [-0.2, -0.15) is 0 Å². The first kappa shape index (κ1) is 21.1. The van der Waals surface area contributed by atoms with Crippen LogP contribution in [0.4, 0.5) is 4.79 Å². The van der Waals surface area contributed by atoms with Gasteiger partial charge in [0.05, 0.1) is 32.1 Å². The van der Waals surface area contributed by atoms with Gasteiger partial charge in [-0.25, -0.2) is 4.79 Å². The Morgan fingerprint density at radius 1 is 1.32 bits per heavy atom. The summed E-state index contributed by atoms with van der Waals surface area (Å²) in [5, 5.41) is 16.5. The summed E-state index contributed by atoms with van der Waals surface area (Å²) in [6.45, 7) is 2.22. The van der Waals surface area contributed by atoms with Gasteiger partial charge in [-0.15, -0.1) is 0 Å². The average Bonchev–Trinajstić information content (AvgIpc) is 3.46. The summed E-state index contributed by atoms with van der Waals surface area (Å²) in [6.07, 6.45) is 6.78. The third kappa shape index (κ3) is 5.53. The van der Waals surface area contributed by atoms with Crippen LogP contribution in [-0.2, 0) is 17.7 Å². The Hall–Kier alpha value is -3.10. The van der Waals surface area contributed by atoms with Gasteiger partial charge in [0.2, 0.25) is 0 Å². The molecule has 1 fully saturated rings. The number of H-pyrrole nitrogens is 1. The first-order valence-electron chi connectivity index (χ1n) is 10.6. The first-order chi connectivity index (χ1) is 15.2. The molecule has 0 bridgehead atoms. The van der Waals surface area contributed by atoms with Crippen molar-refractivity contribution in [1.29, 1.82) is 0 Å². The number of aromatic nitrogens is 2. The maximum atomic E-state index is 12.4. The summed E-state index contributed by atoms with van der Waals surface area (Å²) >= 11 is 0. The van der Waals surface area contributed by atoms with Gasteiger partial charge in [-0.05, 0) is 30.5 Å². The molecule has 1 aromatic carbocycles. The van der Waals surface area contributed by atoms with E-state index in [1.165, 1.54) is 0 Å². The van der Waals surface area contributed by atoms with Crippen molar-refractivity contribution in [3.8, 4) is 5.75 Å². The van der Waals surface area contributed by atoms with Crippen LogP contribution < -0.4 is 15.4 Å². The number of urea groups is 1. The van der Waals surface area contributed by atoms with E-state index in [4.69, 9.17) is 9.47 Å². The highest BCUT2D eigenvalue weighted by atomic mass is 16.5. The first-order valence-corrected chi connectivity index (χ1v) is 10.6. The molecule has 164 valence electrons. The molecule has 3 aromatic rings. The predicted octanol–water partition coefficient (Wildman–Crippen LogP) is 2.38. The number of hydrogen-bond acceptors (Lipinski definition) is 5. The number of hydrogen-bond donors (Lipinski definition) is 4. The summed E-state index contributed by atoms with van der Waals surface area (Å²) in [7, 11) is 0. The lowest BCUT2D eigenvalue weighted by Gasteiger charge is -2.18. The van der Waals surface area contributed by atoms with Crippen molar-refractivity contribution in [2.45, 2.75) is 25.4 Å². The van der Waals surface area contributed by atoms with E-state index in [-0.39, 0.29) is 12.6 Å². The molecule has 8 nitrogen and oxygen atoms in total. The number of carbonyl (C=O) groups is 1. The van der Waals surface area contributed by atoms with Gasteiger partial charge in [-0.1, -0.05) is 18.2 Å². The van der Waals surface area contributed by atoms with Gasteiger partial charge in [-0.3, -0.25) is 4.98 Å². The minimum Gasteiger partial charge on any atom is -0.491 e. The fourth-order valence-corrected chi connectivity index (χ4v) is 3.75. The van der Waals surface area contributed by atoms with Crippen molar-refractivity contribution < 1.29 is 19.4 Å². The van der Waals surface area contributed by atoms with Crippen molar-refractivity contribution in [3.05, 3.63) is 60.0 Å². The smallest absolute Gasteiger partial charge is 0.315 e. The van der Waals surface area contributed by atoms with E-state index < -0.39 is 6.04 Å². The van der Waals surface area contributed by atoms with E-state index in [1.807, 2.05) is 36.5 Å². The van der Waals surface area contributed by atoms with E-state index in [0.717, 1.165) is 41.7 Å². The molecule has 0 aliphatic carbocycles. The van der Waals surface area contributed by atoms with E-state index in [1.54, 1.807) is 12.4 Å². The maximum Gasteiger partial charge on any atom is 0.315 e. The summed E-state index contributed by atoms with van der Waals surface area (Å²) in [4.78, 5) is 19.8. The van der Waals surface area contributed by atoms with E-state index in [9.17, 15) is 9.90 Å². The fraction of sp³-hybridized carbons (Fsp3) is 0.391. The van der Waals surface area contributed by atoms with Crippen LogP contribution in [0.3, 0.4) is 0 Å². The van der Waals surface area contributed by atoms with Crippen molar-refractivity contribution >= 4 is 16.9 Å². The Bertz CT molecular complexity index is 1000. The Morgan fingerprint density at radius 2 is 2.23 bits per heavy atom. The second-order valence-electron chi connectivity index (χ2n) is 7.79. The molecule has 4 N–H and O–H groups in total. The number of rotatable bonds is 9. The SMILES string of the molecule is O=C(NCc1ccncc1OCC1CCOC1)NC(CO)Cc1c[nH]c2ccccc12. The molecule has 1 aliphatic heterocycles. The van der Waals surface area contributed by atoms with Gasteiger partial charge < -0.3 is 30.2 Å². The monoisotopic (exact) mass is 424 g/mol. The quantitative estimate of drug-likeness (QED) is 0.422. The van der Waals surface area contributed by atoms with Crippen LogP contribution in [0, 0.1) is 5.92 Å². The topological polar surface area (TPSA) is 108 Å². The molecule has 8 heteroatoms. The molecule has 1 aliphatic rings. The molecular weight excluding hydrogens is 396 g/mol. The van der Waals surface area contributed by atoms with Crippen LogP contribution in [0.2, 0.25) is 0 Å². The van der Waals surface area contributed by atoms with Crippen LogP contribution in [0.5, 0.6) is 5.75 Å². The number of nitrogens with one attached hydrogen (secondary N) is 3. The van der Waals surface area contributed by atoms with Crippen molar-refractivity contribution in [2.24, 2.45) is 5.92 Å². The van der Waals surface area contributed by atoms with E-state index in [2.05, 4.69) is 20.6 Å². The zero-order valence-electron chi connectivity index (χ0n) is 17.3.